The maximum absolute atomic E-state index is 4.34. The molecule has 1 aliphatic heterocycles. The zero-order valence-electron chi connectivity index (χ0n) is 11.8. The van der Waals surface area contributed by atoms with Gasteiger partial charge >= 0.3 is 0 Å². The molecule has 4 rings (SSSR count). The molecule has 3 aromatic heterocycles. The highest BCUT2D eigenvalue weighted by Gasteiger charge is 2.19. The van der Waals surface area contributed by atoms with Crippen molar-refractivity contribution in [3.63, 3.8) is 0 Å². The highest BCUT2D eigenvalue weighted by Crippen LogP contribution is 2.19. The van der Waals surface area contributed by atoms with Gasteiger partial charge in [-0.25, -0.2) is 4.98 Å². The van der Waals surface area contributed by atoms with Crippen molar-refractivity contribution < 1.29 is 0 Å². The third-order valence-corrected chi connectivity index (χ3v) is 3.88. The van der Waals surface area contributed by atoms with Crippen molar-refractivity contribution in [3.8, 4) is 0 Å². The number of aromatic nitrogens is 7. The number of anilines is 1. The molecule has 0 aliphatic carbocycles. The molecule has 8 nitrogen and oxygen atoms in total. The molecule has 8 heteroatoms. The van der Waals surface area contributed by atoms with E-state index in [-0.39, 0.29) is 0 Å². The predicted octanol–water partition coefficient (Wildman–Crippen LogP) is 0.699. The van der Waals surface area contributed by atoms with Gasteiger partial charge in [-0.2, -0.15) is 14.6 Å². The van der Waals surface area contributed by atoms with Crippen LogP contribution >= 0.6 is 0 Å². The van der Waals surface area contributed by atoms with Crippen LogP contribution < -0.4 is 5.32 Å². The summed E-state index contributed by atoms with van der Waals surface area (Å²) in [7, 11) is 0. The van der Waals surface area contributed by atoms with Crippen LogP contribution in [-0.2, 0) is 13.0 Å². The van der Waals surface area contributed by atoms with Gasteiger partial charge < -0.3 is 9.88 Å². The van der Waals surface area contributed by atoms with E-state index >= 15 is 0 Å². The van der Waals surface area contributed by atoms with Crippen LogP contribution in [0.25, 0.3) is 5.78 Å². The van der Waals surface area contributed by atoms with Gasteiger partial charge in [0.05, 0.1) is 0 Å². The fourth-order valence-corrected chi connectivity index (χ4v) is 2.80. The Morgan fingerprint density at radius 3 is 3.33 bits per heavy atom. The van der Waals surface area contributed by atoms with Crippen LogP contribution in [0, 0.1) is 12.8 Å². The SMILES string of the molecule is Cc1cc(NC[C@@H]2CCc3nncn3C2)n2ncnc2n1. The number of nitrogens with zero attached hydrogens (tertiary/aromatic N) is 7. The van der Waals surface area contributed by atoms with E-state index in [1.165, 1.54) is 6.33 Å². The topological polar surface area (TPSA) is 85.8 Å². The van der Waals surface area contributed by atoms with Crippen LogP contribution in [-0.4, -0.2) is 40.9 Å². The first-order valence-corrected chi connectivity index (χ1v) is 7.07. The maximum atomic E-state index is 4.34. The van der Waals surface area contributed by atoms with Crippen LogP contribution in [0.4, 0.5) is 5.82 Å². The molecule has 0 unspecified atom stereocenters. The van der Waals surface area contributed by atoms with Gasteiger partial charge in [0.2, 0.25) is 0 Å². The number of hydrogen-bond acceptors (Lipinski definition) is 6. The van der Waals surface area contributed by atoms with E-state index in [2.05, 4.69) is 35.1 Å². The van der Waals surface area contributed by atoms with Crippen LogP contribution in [0.2, 0.25) is 0 Å². The molecule has 1 aliphatic rings. The van der Waals surface area contributed by atoms with Gasteiger partial charge in [0.1, 0.15) is 24.3 Å². The highest BCUT2D eigenvalue weighted by atomic mass is 15.4. The molecule has 0 spiro atoms. The van der Waals surface area contributed by atoms with Crippen LogP contribution in [0.5, 0.6) is 0 Å². The summed E-state index contributed by atoms with van der Waals surface area (Å²) in [5.74, 6) is 3.21. The quantitative estimate of drug-likeness (QED) is 0.762. The van der Waals surface area contributed by atoms with Crippen molar-refractivity contribution >= 4 is 11.6 Å². The van der Waals surface area contributed by atoms with Crippen molar-refractivity contribution in [3.05, 3.63) is 30.2 Å². The summed E-state index contributed by atoms with van der Waals surface area (Å²) >= 11 is 0. The van der Waals surface area contributed by atoms with E-state index in [0.29, 0.717) is 11.7 Å². The third-order valence-electron chi connectivity index (χ3n) is 3.88. The molecule has 21 heavy (non-hydrogen) atoms. The lowest BCUT2D eigenvalue weighted by molar-refractivity contribution is 0.380. The van der Waals surface area contributed by atoms with E-state index in [9.17, 15) is 0 Å². The molecular weight excluding hydrogens is 268 g/mol. The van der Waals surface area contributed by atoms with Crippen LogP contribution in [0.3, 0.4) is 0 Å². The lowest BCUT2D eigenvalue weighted by atomic mass is 9.99. The normalized spacial score (nSPS) is 17.9. The molecule has 0 saturated heterocycles. The average Bonchev–Trinajstić information content (AvgIpc) is 3.12. The van der Waals surface area contributed by atoms with Gasteiger partial charge in [-0.3, -0.25) is 0 Å². The summed E-state index contributed by atoms with van der Waals surface area (Å²) < 4.78 is 3.87. The van der Waals surface area contributed by atoms with Gasteiger partial charge in [0, 0.05) is 31.3 Å². The second kappa shape index (κ2) is 4.80. The van der Waals surface area contributed by atoms with E-state index < -0.39 is 0 Å². The molecule has 3 aromatic rings. The highest BCUT2D eigenvalue weighted by molar-refractivity contribution is 5.44. The van der Waals surface area contributed by atoms with Gasteiger partial charge in [-0.1, -0.05) is 0 Å². The van der Waals surface area contributed by atoms with Gasteiger partial charge in [0.15, 0.2) is 0 Å². The number of hydrogen-bond donors (Lipinski definition) is 1. The summed E-state index contributed by atoms with van der Waals surface area (Å²) in [5.41, 5.74) is 0.933. The second-order valence-corrected chi connectivity index (χ2v) is 5.44. The molecule has 0 radical (unpaired) electrons. The molecule has 0 fully saturated rings. The average molecular weight is 284 g/mol. The number of nitrogens with one attached hydrogen (secondary N) is 1. The van der Waals surface area contributed by atoms with Crippen molar-refractivity contribution in [1.29, 1.82) is 0 Å². The molecule has 0 saturated carbocycles. The Labute approximate surface area is 121 Å². The Morgan fingerprint density at radius 1 is 1.43 bits per heavy atom. The van der Waals surface area contributed by atoms with Crippen molar-refractivity contribution in [2.75, 3.05) is 11.9 Å². The van der Waals surface area contributed by atoms with E-state index in [0.717, 1.165) is 43.3 Å². The first-order valence-electron chi connectivity index (χ1n) is 7.07. The Hall–Kier alpha value is -2.51. The minimum atomic E-state index is 0.556. The molecule has 1 N–H and O–H groups in total. The number of fused-ring (bicyclic) bond motifs is 2. The van der Waals surface area contributed by atoms with Crippen LogP contribution in [0.15, 0.2) is 18.7 Å². The second-order valence-electron chi connectivity index (χ2n) is 5.44. The smallest absolute Gasteiger partial charge is 0.254 e. The third kappa shape index (κ3) is 2.22. The number of aryl methyl sites for hydroxylation is 2. The summed E-state index contributed by atoms with van der Waals surface area (Å²) in [5, 5.41) is 15.8. The Bertz CT molecular complexity index is 773. The molecule has 0 bridgehead atoms. The molecule has 0 aromatic carbocycles. The lowest BCUT2D eigenvalue weighted by Gasteiger charge is -2.23. The standard InChI is InChI=1S/C13H16N8/c1-9-4-12(21-13(18-9)15-7-17-21)14-5-10-2-3-11-19-16-8-20(11)6-10/h4,7-8,10,14H,2-3,5-6H2,1H3/t10-/m0/s1. The summed E-state index contributed by atoms with van der Waals surface area (Å²) in [6, 6.07) is 1.99. The Balaban J connectivity index is 1.50. The van der Waals surface area contributed by atoms with Crippen molar-refractivity contribution in [2.45, 2.75) is 26.3 Å². The summed E-state index contributed by atoms with van der Waals surface area (Å²) in [4.78, 5) is 8.48. The predicted molar refractivity (Wildman–Crippen MR) is 75.8 cm³/mol. The summed E-state index contributed by atoms with van der Waals surface area (Å²) in [6.45, 7) is 3.81. The molecule has 1 atom stereocenters. The largest absolute Gasteiger partial charge is 0.370 e. The minimum absolute atomic E-state index is 0.556. The first-order chi connectivity index (χ1) is 10.3. The summed E-state index contributed by atoms with van der Waals surface area (Å²) in [6.07, 6.45) is 5.45. The van der Waals surface area contributed by atoms with Crippen molar-refractivity contribution in [2.24, 2.45) is 5.92 Å². The Morgan fingerprint density at radius 2 is 2.38 bits per heavy atom. The fourth-order valence-electron chi connectivity index (χ4n) is 2.80. The maximum Gasteiger partial charge on any atom is 0.254 e. The first kappa shape index (κ1) is 12.2. The molecular formula is C13H16N8. The van der Waals surface area contributed by atoms with Crippen molar-refractivity contribution in [1.82, 2.24) is 34.3 Å². The zero-order chi connectivity index (χ0) is 14.2. The van der Waals surface area contributed by atoms with E-state index in [1.54, 1.807) is 4.52 Å². The molecule has 0 amide bonds. The van der Waals surface area contributed by atoms with Crippen LogP contribution in [0.1, 0.15) is 17.9 Å². The van der Waals surface area contributed by atoms with Gasteiger partial charge in [-0.05, 0) is 19.3 Å². The fraction of sp³-hybridized carbons (Fsp3) is 0.462. The lowest BCUT2D eigenvalue weighted by Crippen LogP contribution is -2.26. The van der Waals surface area contributed by atoms with E-state index in [1.807, 2.05) is 19.3 Å². The molecule has 108 valence electrons. The number of rotatable bonds is 3. The molecule has 4 heterocycles. The van der Waals surface area contributed by atoms with Gasteiger partial charge in [-0.15, -0.1) is 10.2 Å². The zero-order valence-corrected chi connectivity index (χ0v) is 11.8. The minimum Gasteiger partial charge on any atom is -0.370 e. The monoisotopic (exact) mass is 284 g/mol. The Kier molecular flexibility index (Phi) is 2.80. The van der Waals surface area contributed by atoms with Gasteiger partial charge in [0.25, 0.3) is 5.78 Å². The van der Waals surface area contributed by atoms with E-state index in [4.69, 9.17) is 0 Å².